The Balaban J connectivity index is 2.13. The van der Waals surface area contributed by atoms with Crippen LogP contribution in [0.2, 0.25) is 0 Å². The number of rotatable bonds is 2. The molecule has 18 heavy (non-hydrogen) atoms. The smallest absolute Gasteiger partial charge is 0.255 e. The minimum Gasteiger partial charge on any atom is -0.337 e. The van der Waals surface area contributed by atoms with Crippen LogP contribution in [0.3, 0.4) is 0 Å². The van der Waals surface area contributed by atoms with E-state index in [1.165, 1.54) is 12.4 Å². The summed E-state index contributed by atoms with van der Waals surface area (Å²) in [6.45, 7) is 1.91. The Labute approximate surface area is 107 Å². The molecular weight excluding hydrogens is 228 g/mol. The van der Waals surface area contributed by atoms with Crippen molar-refractivity contribution in [3.05, 3.63) is 29.6 Å². The lowest BCUT2D eigenvalue weighted by molar-refractivity contribution is 0.0737. The van der Waals surface area contributed by atoms with E-state index in [2.05, 4.69) is 16.9 Å². The average Bonchev–Trinajstić information content (AvgIpc) is 2.83. The van der Waals surface area contributed by atoms with Gasteiger partial charge in [0, 0.05) is 32.0 Å². The molecule has 1 aromatic rings. The fourth-order valence-corrected chi connectivity index (χ4v) is 2.22. The van der Waals surface area contributed by atoms with Gasteiger partial charge in [-0.25, -0.2) is 0 Å². The van der Waals surface area contributed by atoms with Gasteiger partial charge in [0.2, 0.25) is 0 Å². The second kappa shape index (κ2) is 5.15. The van der Waals surface area contributed by atoms with Crippen molar-refractivity contribution in [3.8, 4) is 6.07 Å². The van der Waals surface area contributed by atoms with Crippen molar-refractivity contribution in [2.45, 2.75) is 12.5 Å². The first kappa shape index (κ1) is 12.5. The number of amides is 1. The van der Waals surface area contributed by atoms with Crippen LogP contribution in [0, 0.1) is 11.3 Å². The first-order chi connectivity index (χ1) is 8.61. The van der Waals surface area contributed by atoms with E-state index in [-0.39, 0.29) is 11.9 Å². The van der Waals surface area contributed by atoms with Crippen LogP contribution in [0.1, 0.15) is 22.3 Å². The number of hydrogen-bond donors (Lipinski definition) is 0. The molecule has 94 valence electrons. The van der Waals surface area contributed by atoms with Gasteiger partial charge in [-0.3, -0.25) is 9.78 Å². The van der Waals surface area contributed by atoms with Crippen molar-refractivity contribution >= 4 is 5.91 Å². The average molecular weight is 244 g/mol. The van der Waals surface area contributed by atoms with Crippen LogP contribution < -0.4 is 0 Å². The quantitative estimate of drug-likeness (QED) is 0.769. The number of pyridine rings is 1. The fraction of sp³-hybridized carbons (Fsp3) is 0.462. The summed E-state index contributed by atoms with van der Waals surface area (Å²) in [6.07, 6.45) is 3.96. The van der Waals surface area contributed by atoms with Gasteiger partial charge in [-0.2, -0.15) is 5.26 Å². The highest BCUT2D eigenvalue weighted by atomic mass is 16.2. The molecule has 1 atom stereocenters. The first-order valence-electron chi connectivity index (χ1n) is 5.92. The zero-order valence-corrected chi connectivity index (χ0v) is 10.6. The zero-order chi connectivity index (χ0) is 13.1. The molecule has 0 N–H and O–H groups in total. The zero-order valence-electron chi connectivity index (χ0n) is 10.6. The SMILES string of the molecule is CN1CCC(N(C)C(=O)c2cncc(C#N)c2)C1. The third-order valence-corrected chi connectivity index (χ3v) is 3.35. The van der Waals surface area contributed by atoms with E-state index in [1.807, 2.05) is 13.1 Å². The van der Waals surface area contributed by atoms with Crippen LogP contribution in [-0.4, -0.2) is 53.9 Å². The number of carbonyl (C=O) groups is 1. The third-order valence-electron chi connectivity index (χ3n) is 3.35. The summed E-state index contributed by atoms with van der Waals surface area (Å²) in [5.41, 5.74) is 0.892. The molecule has 5 heteroatoms. The molecule has 5 nitrogen and oxygen atoms in total. The monoisotopic (exact) mass is 244 g/mol. The Morgan fingerprint density at radius 3 is 3.00 bits per heavy atom. The predicted molar refractivity (Wildman–Crippen MR) is 66.9 cm³/mol. The highest BCUT2D eigenvalue weighted by Gasteiger charge is 2.27. The second-order valence-corrected chi connectivity index (χ2v) is 4.69. The normalized spacial score (nSPS) is 19.5. The molecule has 0 aliphatic carbocycles. The number of hydrogen-bond acceptors (Lipinski definition) is 4. The molecule has 1 unspecified atom stereocenters. The fourth-order valence-electron chi connectivity index (χ4n) is 2.22. The van der Waals surface area contributed by atoms with E-state index in [0.717, 1.165) is 19.5 Å². The van der Waals surface area contributed by atoms with Crippen molar-refractivity contribution in [2.24, 2.45) is 0 Å². The van der Waals surface area contributed by atoms with Gasteiger partial charge in [-0.1, -0.05) is 0 Å². The van der Waals surface area contributed by atoms with E-state index in [4.69, 9.17) is 5.26 Å². The van der Waals surface area contributed by atoms with E-state index >= 15 is 0 Å². The molecule has 0 bridgehead atoms. The molecule has 0 radical (unpaired) electrons. The van der Waals surface area contributed by atoms with E-state index < -0.39 is 0 Å². The summed E-state index contributed by atoms with van der Waals surface area (Å²) < 4.78 is 0. The molecule has 0 spiro atoms. The molecule has 1 amide bonds. The summed E-state index contributed by atoms with van der Waals surface area (Å²) in [7, 11) is 3.86. The molecule has 0 saturated carbocycles. The number of likely N-dealkylation sites (tertiary alicyclic amines) is 1. The van der Waals surface area contributed by atoms with E-state index in [9.17, 15) is 4.79 Å². The lowest BCUT2D eigenvalue weighted by atomic mass is 10.1. The highest BCUT2D eigenvalue weighted by Crippen LogP contribution is 2.15. The molecule has 2 rings (SSSR count). The van der Waals surface area contributed by atoms with Crippen LogP contribution >= 0.6 is 0 Å². The van der Waals surface area contributed by atoms with Gasteiger partial charge in [0.1, 0.15) is 6.07 Å². The molecule has 1 fully saturated rings. The molecule has 1 aromatic heterocycles. The summed E-state index contributed by atoms with van der Waals surface area (Å²) >= 11 is 0. The van der Waals surface area contributed by atoms with Crippen molar-refractivity contribution in [1.82, 2.24) is 14.8 Å². The van der Waals surface area contributed by atoms with Gasteiger partial charge in [0.15, 0.2) is 0 Å². The van der Waals surface area contributed by atoms with Crippen molar-refractivity contribution < 1.29 is 4.79 Å². The number of likely N-dealkylation sites (N-methyl/N-ethyl adjacent to an activating group) is 2. The maximum absolute atomic E-state index is 12.3. The minimum absolute atomic E-state index is 0.0695. The Morgan fingerprint density at radius 2 is 2.39 bits per heavy atom. The maximum Gasteiger partial charge on any atom is 0.255 e. The lowest BCUT2D eigenvalue weighted by Crippen LogP contribution is -2.38. The first-order valence-corrected chi connectivity index (χ1v) is 5.92. The molecule has 1 aliphatic heterocycles. The maximum atomic E-state index is 12.3. The molecule has 2 heterocycles. The highest BCUT2D eigenvalue weighted by molar-refractivity contribution is 5.94. The number of aromatic nitrogens is 1. The van der Waals surface area contributed by atoms with E-state index in [1.54, 1.807) is 11.0 Å². The number of carbonyl (C=O) groups excluding carboxylic acids is 1. The Kier molecular flexibility index (Phi) is 3.58. The Morgan fingerprint density at radius 1 is 1.61 bits per heavy atom. The van der Waals surface area contributed by atoms with Gasteiger partial charge in [0.25, 0.3) is 5.91 Å². The molecular formula is C13H16N4O. The molecule has 0 aromatic carbocycles. The third kappa shape index (κ3) is 2.49. The van der Waals surface area contributed by atoms with Crippen molar-refractivity contribution in [3.63, 3.8) is 0 Å². The van der Waals surface area contributed by atoms with Crippen molar-refractivity contribution in [2.75, 3.05) is 27.2 Å². The van der Waals surface area contributed by atoms with Crippen LogP contribution in [0.5, 0.6) is 0 Å². The van der Waals surface area contributed by atoms with Gasteiger partial charge < -0.3 is 9.80 Å². The van der Waals surface area contributed by atoms with Crippen LogP contribution in [0.15, 0.2) is 18.5 Å². The summed E-state index contributed by atoms with van der Waals surface area (Å²) in [5, 5.41) is 8.81. The van der Waals surface area contributed by atoms with Gasteiger partial charge in [0.05, 0.1) is 11.1 Å². The van der Waals surface area contributed by atoms with E-state index in [0.29, 0.717) is 11.1 Å². The second-order valence-electron chi connectivity index (χ2n) is 4.69. The summed E-state index contributed by atoms with van der Waals surface area (Å²) in [6, 6.07) is 3.83. The van der Waals surface area contributed by atoms with Crippen LogP contribution in [0.25, 0.3) is 0 Å². The number of nitrogens with zero attached hydrogens (tertiary/aromatic N) is 4. The summed E-state index contributed by atoms with van der Waals surface area (Å²) in [5.74, 6) is -0.0695. The number of nitriles is 1. The lowest BCUT2D eigenvalue weighted by Gasteiger charge is -2.24. The topological polar surface area (TPSA) is 60.2 Å². The Hall–Kier alpha value is -1.93. The van der Waals surface area contributed by atoms with Gasteiger partial charge >= 0.3 is 0 Å². The molecule has 1 aliphatic rings. The van der Waals surface area contributed by atoms with Crippen LogP contribution in [0.4, 0.5) is 0 Å². The minimum atomic E-state index is -0.0695. The summed E-state index contributed by atoms with van der Waals surface area (Å²) in [4.78, 5) is 20.1. The standard InChI is InChI=1S/C13H16N4O/c1-16-4-3-12(9-16)17(2)13(18)11-5-10(6-14)7-15-8-11/h5,7-8,12H,3-4,9H2,1-2H3. The van der Waals surface area contributed by atoms with Crippen LogP contribution in [-0.2, 0) is 0 Å². The van der Waals surface area contributed by atoms with Crippen molar-refractivity contribution in [1.29, 1.82) is 5.26 Å². The largest absolute Gasteiger partial charge is 0.337 e. The van der Waals surface area contributed by atoms with Gasteiger partial charge in [-0.15, -0.1) is 0 Å². The van der Waals surface area contributed by atoms with Gasteiger partial charge in [-0.05, 0) is 26.1 Å². The molecule has 1 saturated heterocycles. The predicted octanol–water partition coefficient (Wildman–Crippen LogP) is 0.729. The Bertz CT molecular complexity index is 494.